The molecule has 1 aromatic heterocycles. The Labute approximate surface area is 78.4 Å². The summed E-state index contributed by atoms with van der Waals surface area (Å²) in [5.41, 5.74) is -0.671. The summed E-state index contributed by atoms with van der Waals surface area (Å²) in [6.45, 7) is 2.81. The fraction of sp³-hybridized carbons (Fsp3) is 0.571. The minimum atomic E-state index is -0.437. The first-order valence-electron chi connectivity index (χ1n) is 4.08. The number of hydrogen-bond donors (Lipinski definition) is 0. The lowest BCUT2D eigenvalue weighted by molar-refractivity contribution is 0.524. The molecule has 1 aliphatic heterocycles. The highest BCUT2D eigenvalue weighted by atomic mass is 32.2. The van der Waals surface area contributed by atoms with Crippen molar-refractivity contribution in [1.82, 2.24) is 14.1 Å². The molecule has 0 bridgehead atoms. The molecular formula is C7H9N3O2S. The third-order valence-electron chi connectivity index (χ3n) is 1.98. The van der Waals surface area contributed by atoms with Crippen LogP contribution in [0.5, 0.6) is 0 Å². The van der Waals surface area contributed by atoms with E-state index in [1.165, 1.54) is 11.8 Å². The van der Waals surface area contributed by atoms with Crippen molar-refractivity contribution in [2.24, 2.45) is 0 Å². The lowest BCUT2D eigenvalue weighted by atomic mass is 10.6. The van der Waals surface area contributed by atoms with E-state index in [4.69, 9.17) is 0 Å². The number of hydrogen-bond acceptors (Lipinski definition) is 4. The molecule has 0 radical (unpaired) electrons. The Balaban J connectivity index is 2.77. The quantitative estimate of drug-likeness (QED) is 0.613. The summed E-state index contributed by atoms with van der Waals surface area (Å²) in [4.78, 5) is 26.7. The van der Waals surface area contributed by atoms with Gasteiger partial charge in [0, 0.05) is 18.8 Å². The van der Waals surface area contributed by atoms with Crippen LogP contribution in [0.4, 0.5) is 0 Å². The van der Waals surface area contributed by atoms with E-state index in [0.717, 1.165) is 10.3 Å². The topological polar surface area (TPSA) is 56.9 Å². The molecule has 2 rings (SSSR count). The molecule has 0 saturated carbocycles. The molecule has 0 aromatic carbocycles. The van der Waals surface area contributed by atoms with Crippen molar-refractivity contribution in [1.29, 1.82) is 0 Å². The molecule has 5 nitrogen and oxygen atoms in total. The van der Waals surface area contributed by atoms with Crippen LogP contribution in [0.15, 0.2) is 14.7 Å². The molecular weight excluding hydrogens is 190 g/mol. The minimum Gasteiger partial charge on any atom is -0.271 e. The highest BCUT2D eigenvalue weighted by molar-refractivity contribution is 7.99. The Morgan fingerprint density at radius 3 is 3.00 bits per heavy atom. The highest BCUT2D eigenvalue weighted by Crippen LogP contribution is 2.18. The van der Waals surface area contributed by atoms with Crippen LogP contribution in [0.2, 0.25) is 0 Å². The second kappa shape index (κ2) is 3.02. The van der Waals surface area contributed by atoms with Crippen molar-refractivity contribution in [3.63, 3.8) is 0 Å². The lowest BCUT2D eigenvalue weighted by Crippen LogP contribution is -2.40. The van der Waals surface area contributed by atoms with E-state index >= 15 is 0 Å². The van der Waals surface area contributed by atoms with Crippen LogP contribution < -0.4 is 11.4 Å². The molecule has 2 heterocycles. The Bertz CT molecular complexity index is 448. The van der Waals surface area contributed by atoms with E-state index in [1.807, 2.05) is 0 Å². The zero-order valence-electron chi connectivity index (χ0n) is 7.19. The zero-order valence-corrected chi connectivity index (χ0v) is 8.00. The van der Waals surface area contributed by atoms with Gasteiger partial charge in [0.25, 0.3) is 0 Å². The van der Waals surface area contributed by atoms with Crippen LogP contribution in [0, 0.1) is 0 Å². The molecule has 0 unspecified atom stereocenters. The molecule has 0 amide bonds. The summed E-state index contributed by atoms with van der Waals surface area (Å²) in [7, 11) is 0. The molecule has 0 fully saturated rings. The van der Waals surface area contributed by atoms with Gasteiger partial charge in [-0.15, -0.1) is 0 Å². The van der Waals surface area contributed by atoms with E-state index in [2.05, 4.69) is 4.98 Å². The van der Waals surface area contributed by atoms with Crippen LogP contribution in [0.25, 0.3) is 0 Å². The van der Waals surface area contributed by atoms with Crippen LogP contribution in [-0.2, 0) is 13.1 Å². The van der Waals surface area contributed by atoms with Gasteiger partial charge in [0.05, 0.1) is 0 Å². The van der Waals surface area contributed by atoms with Crippen molar-refractivity contribution in [2.75, 3.05) is 5.75 Å². The molecule has 1 aliphatic rings. The zero-order chi connectivity index (χ0) is 9.42. The number of rotatable bonds is 1. The van der Waals surface area contributed by atoms with Crippen molar-refractivity contribution < 1.29 is 0 Å². The Morgan fingerprint density at radius 2 is 2.31 bits per heavy atom. The smallest absolute Gasteiger partial charge is 0.271 e. The SMILES string of the molecule is CCn1c(=O)nc2n(c1=O)CCS2. The standard InChI is InChI=1S/C7H9N3O2S/c1-2-9-5(11)8-6-10(7(9)12)3-4-13-6/h2-4H2,1H3. The first-order chi connectivity index (χ1) is 6.24. The third kappa shape index (κ3) is 1.21. The summed E-state index contributed by atoms with van der Waals surface area (Å²) in [5.74, 6) is 0.829. The van der Waals surface area contributed by atoms with Gasteiger partial charge in [-0.3, -0.25) is 4.57 Å². The number of fused-ring (bicyclic) bond motifs is 1. The molecule has 0 spiro atoms. The van der Waals surface area contributed by atoms with Crippen molar-refractivity contribution in [3.8, 4) is 0 Å². The Morgan fingerprint density at radius 1 is 1.54 bits per heavy atom. The average Bonchev–Trinajstić information content (AvgIpc) is 2.53. The molecule has 1 aromatic rings. The summed E-state index contributed by atoms with van der Waals surface area (Å²) in [6, 6.07) is 0. The molecule has 13 heavy (non-hydrogen) atoms. The van der Waals surface area contributed by atoms with Crippen molar-refractivity contribution >= 4 is 11.8 Å². The van der Waals surface area contributed by atoms with E-state index in [9.17, 15) is 9.59 Å². The fourth-order valence-corrected chi connectivity index (χ4v) is 2.24. The van der Waals surface area contributed by atoms with Crippen LogP contribution in [0.3, 0.4) is 0 Å². The maximum atomic E-state index is 11.6. The van der Waals surface area contributed by atoms with Gasteiger partial charge >= 0.3 is 11.4 Å². The number of nitrogens with zero attached hydrogens (tertiary/aromatic N) is 3. The van der Waals surface area contributed by atoms with E-state index in [-0.39, 0.29) is 5.69 Å². The van der Waals surface area contributed by atoms with Crippen LogP contribution >= 0.6 is 11.8 Å². The number of aromatic nitrogens is 3. The molecule has 0 saturated heterocycles. The van der Waals surface area contributed by atoms with Gasteiger partial charge in [-0.25, -0.2) is 14.2 Å². The summed E-state index contributed by atoms with van der Waals surface area (Å²) in [6.07, 6.45) is 0. The van der Waals surface area contributed by atoms with Crippen molar-refractivity contribution in [3.05, 3.63) is 21.0 Å². The Kier molecular flexibility index (Phi) is 1.99. The van der Waals surface area contributed by atoms with Crippen LogP contribution in [0.1, 0.15) is 6.92 Å². The molecule has 0 aliphatic carbocycles. The summed E-state index contributed by atoms with van der Waals surface area (Å²) in [5, 5.41) is 0.555. The monoisotopic (exact) mass is 199 g/mol. The Hall–Kier alpha value is -1.04. The predicted octanol–water partition coefficient (Wildman–Crippen LogP) is -0.469. The number of thioether (sulfide) groups is 1. The summed E-state index contributed by atoms with van der Waals surface area (Å²) >= 11 is 1.45. The maximum Gasteiger partial charge on any atom is 0.354 e. The third-order valence-corrected chi connectivity index (χ3v) is 2.93. The van der Waals surface area contributed by atoms with E-state index in [0.29, 0.717) is 18.2 Å². The molecule has 0 N–H and O–H groups in total. The minimum absolute atomic E-state index is 0.234. The van der Waals surface area contributed by atoms with Gasteiger partial charge in [0.15, 0.2) is 5.16 Å². The van der Waals surface area contributed by atoms with Crippen LogP contribution in [-0.4, -0.2) is 19.9 Å². The molecule has 6 heteroatoms. The second-order valence-corrected chi connectivity index (χ2v) is 3.77. The normalized spacial score (nSPS) is 14.5. The average molecular weight is 199 g/mol. The molecule has 70 valence electrons. The first-order valence-corrected chi connectivity index (χ1v) is 5.07. The van der Waals surface area contributed by atoms with Gasteiger partial charge in [-0.1, -0.05) is 11.8 Å². The highest BCUT2D eigenvalue weighted by Gasteiger charge is 2.16. The second-order valence-electron chi connectivity index (χ2n) is 2.70. The van der Waals surface area contributed by atoms with Gasteiger partial charge in [-0.2, -0.15) is 4.98 Å². The predicted molar refractivity (Wildman–Crippen MR) is 49.2 cm³/mol. The fourth-order valence-electron chi connectivity index (χ4n) is 1.31. The van der Waals surface area contributed by atoms with E-state index in [1.54, 1.807) is 11.5 Å². The maximum absolute atomic E-state index is 11.6. The van der Waals surface area contributed by atoms with Gasteiger partial charge < -0.3 is 0 Å². The lowest BCUT2D eigenvalue weighted by Gasteiger charge is -2.03. The first kappa shape index (κ1) is 8.55. The molecule has 0 atom stereocenters. The largest absolute Gasteiger partial charge is 0.354 e. The van der Waals surface area contributed by atoms with Crippen molar-refractivity contribution in [2.45, 2.75) is 25.2 Å². The van der Waals surface area contributed by atoms with Gasteiger partial charge in [-0.05, 0) is 6.92 Å². The van der Waals surface area contributed by atoms with Gasteiger partial charge in [0.1, 0.15) is 0 Å². The van der Waals surface area contributed by atoms with Gasteiger partial charge in [0.2, 0.25) is 0 Å². The summed E-state index contributed by atoms with van der Waals surface area (Å²) < 4.78 is 2.70. The van der Waals surface area contributed by atoms with E-state index < -0.39 is 5.69 Å².